The molecule has 31 heavy (non-hydrogen) atoms. The molecule has 2 aromatic rings. The molecule has 1 amide bonds. The molecule has 4 atom stereocenters. The number of aromatic amines is 1. The van der Waals surface area contributed by atoms with Crippen LogP contribution >= 0.6 is 0 Å². The molecule has 0 saturated carbocycles. The van der Waals surface area contributed by atoms with Crippen molar-refractivity contribution >= 4 is 11.7 Å². The lowest BCUT2D eigenvalue weighted by Crippen LogP contribution is -2.65. The van der Waals surface area contributed by atoms with E-state index in [2.05, 4.69) is 25.1 Å². The van der Waals surface area contributed by atoms with Gasteiger partial charge in [-0.25, -0.2) is 4.98 Å². The number of hydrogen-bond donors (Lipinski definition) is 2. The van der Waals surface area contributed by atoms with Crippen LogP contribution < -0.4 is 15.8 Å². The standard InChI is InChI=1S/C24H31N5O2/c1-16-5-7-17(8-6-16)24(31)25-12-21-19-10-18(20-4-2-3-9-29(20)21)13-28(14-19)22-11-23(30)27-15-26-22/h5-8,11,15,18-21H,2-4,9-10,12-14H2,1H3,(H,25,31)(H,26,27,30)/t18-,19+,20+,21+/m1/s1. The first-order valence-electron chi connectivity index (χ1n) is 11.5. The zero-order chi connectivity index (χ0) is 21.4. The van der Waals surface area contributed by atoms with Gasteiger partial charge in [-0.2, -0.15) is 0 Å². The molecule has 2 N–H and O–H groups in total. The van der Waals surface area contributed by atoms with Crippen LogP contribution in [0.15, 0.2) is 41.5 Å². The molecule has 2 bridgehead atoms. The van der Waals surface area contributed by atoms with E-state index in [4.69, 9.17) is 0 Å². The number of piperidine rings is 3. The molecule has 4 heterocycles. The van der Waals surface area contributed by atoms with Gasteiger partial charge in [0.1, 0.15) is 5.82 Å². The van der Waals surface area contributed by atoms with Crippen molar-refractivity contribution in [3.05, 3.63) is 58.1 Å². The van der Waals surface area contributed by atoms with Gasteiger partial charge in [0.15, 0.2) is 0 Å². The van der Waals surface area contributed by atoms with E-state index in [0.29, 0.717) is 36.0 Å². The molecule has 1 aromatic heterocycles. The minimum absolute atomic E-state index is 0.000363. The number of nitrogens with zero attached hydrogens (tertiary/aromatic N) is 3. The zero-order valence-electron chi connectivity index (χ0n) is 18.1. The number of nitrogens with one attached hydrogen (secondary N) is 2. The number of aromatic nitrogens is 2. The van der Waals surface area contributed by atoms with E-state index in [0.717, 1.165) is 31.0 Å². The average Bonchev–Trinajstić information content (AvgIpc) is 2.79. The van der Waals surface area contributed by atoms with Crippen LogP contribution in [-0.2, 0) is 0 Å². The predicted octanol–water partition coefficient (Wildman–Crippen LogP) is 2.19. The summed E-state index contributed by atoms with van der Waals surface area (Å²) in [7, 11) is 0. The second-order valence-corrected chi connectivity index (χ2v) is 9.37. The van der Waals surface area contributed by atoms with Gasteiger partial charge in [-0.05, 0) is 56.7 Å². The number of H-pyrrole nitrogens is 1. The highest BCUT2D eigenvalue weighted by atomic mass is 16.1. The van der Waals surface area contributed by atoms with Crippen LogP contribution in [0.3, 0.4) is 0 Å². The smallest absolute Gasteiger partial charge is 0.252 e. The van der Waals surface area contributed by atoms with E-state index < -0.39 is 0 Å². The second kappa shape index (κ2) is 8.46. The van der Waals surface area contributed by atoms with Crippen molar-refractivity contribution in [2.45, 2.75) is 44.7 Å². The normalized spacial score (nSPS) is 28.1. The molecule has 5 rings (SSSR count). The van der Waals surface area contributed by atoms with Crippen molar-refractivity contribution in [3.8, 4) is 0 Å². The van der Waals surface area contributed by atoms with Crippen LogP contribution in [0.4, 0.5) is 5.82 Å². The highest BCUT2D eigenvalue weighted by molar-refractivity contribution is 5.94. The molecule has 0 spiro atoms. The maximum absolute atomic E-state index is 12.8. The number of carbonyl (C=O) groups is 1. The van der Waals surface area contributed by atoms with E-state index in [-0.39, 0.29) is 11.5 Å². The van der Waals surface area contributed by atoms with Crippen LogP contribution in [0.25, 0.3) is 0 Å². The van der Waals surface area contributed by atoms with Crippen molar-refractivity contribution < 1.29 is 4.79 Å². The summed E-state index contributed by atoms with van der Waals surface area (Å²) in [5, 5.41) is 3.22. The van der Waals surface area contributed by atoms with Crippen molar-refractivity contribution in [1.82, 2.24) is 20.2 Å². The maximum Gasteiger partial charge on any atom is 0.252 e. The number of aryl methyl sites for hydroxylation is 1. The highest BCUT2D eigenvalue weighted by Crippen LogP contribution is 2.41. The summed E-state index contributed by atoms with van der Waals surface area (Å²) < 4.78 is 0. The van der Waals surface area contributed by atoms with Crippen LogP contribution in [0.2, 0.25) is 0 Å². The summed E-state index contributed by atoms with van der Waals surface area (Å²) in [4.78, 5) is 36.6. The van der Waals surface area contributed by atoms with Gasteiger partial charge in [0.2, 0.25) is 0 Å². The fourth-order valence-corrected chi connectivity index (χ4v) is 5.91. The third kappa shape index (κ3) is 4.11. The Kier molecular flexibility index (Phi) is 5.52. The lowest BCUT2D eigenvalue weighted by Gasteiger charge is -2.57. The molecule has 3 aliphatic heterocycles. The van der Waals surface area contributed by atoms with E-state index >= 15 is 0 Å². The first kappa shape index (κ1) is 20.2. The third-order valence-corrected chi connectivity index (χ3v) is 7.40. The fraction of sp³-hybridized carbons (Fsp3) is 0.542. The Morgan fingerprint density at radius 2 is 2.00 bits per heavy atom. The number of fused-ring (bicyclic) bond motifs is 4. The number of carbonyl (C=O) groups excluding carboxylic acids is 1. The van der Waals surface area contributed by atoms with Gasteiger partial charge in [-0.3, -0.25) is 14.5 Å². The first-order valence-corrected chi connectivity index (χ1v) is 11.5. The quantitative estimate of drug-likeness (QED) is 0.791. The Hall–Kier alpha value is -2.67. The zero-order valence-corrected chi connectivity index (χ0v) is 18.1. The van der Waals surface area contributed by atoms with Gasteiger partial charge in [0.25, 0.3) is 11.5 Å². The SMILES string of the molecule is Cc1ccc(C(=O)NC[C@H]2[C@H]3C[C@H](CN(c4cc(=O)[nH]cn4)C3)[C@@H]3CCCCN32)cc1. The molecule has 0 aliphatic carbocycles. The summed E-state index contributed by atoms with van der Waals surface area (Å²) in [5.41, 5.74) is 1.76. The van der Waals surface area contributed by atoms with Crippen molar-refractivity contribution in [1.29, 1.82) is 0 Å². The van der Waals surface area contributed by atoms with Gasteiger partial charge in [0, 0.05) is 43.3 Å². The number of benzene rings is 1. The number of hydrogen-bond acceptors (Lipinski definition) is 5. The molecule has 3 saturated heterocycles. The average molecular weight is 422 g/mol. The molecule has 7 nitrogen and oxygen atoms in total. The summed E-state index contributed by atoms with van der Waals surface area (Å²) in [5.74, 6) is 1.81. The van der Waals surface area contributed by atoms with Crippen molar-refractivity contribution in [3.63, 3.8) is 0 Å². The van der Waals surface area contributed by atoms with Crippen LogP contribution in [0, 0.1) is 18.8 Å². The summed E-state index contributed by atoms with van der Waals surface area (Å²) in [6, 6.07) is 10.2. The van der Waals surface area contributed by atoms with Gasteiger partial charge >= 0.3 is 0 Å². The lowest BCUT2D eigenvalue weighted by molar-refractivity contribution is -0.0307. The maximum atomic E-state index is 12.8. The van der Waals surface area contributed by atoms with E-state index in [1.54, 1.807) is 6.07 Å². The minimum atomic E-state index is -0.109. The Morgan fingerprint density at radius 3 is 2.81 bits per heavy atom. The number of anilines is 1. The molecule has 0 unspecified atom stereocenters. The highest BCUT2D eigenvalue weighted by Gasteiger charge is 2.47. The Labute approximate surface area is 182 Å². The molecular weight excluding hydrogens is 390 g/mol. The largest absolute Gasteiger partial charge is 0.356 e. The van der Waals surface area contributed by atoms with Gasteiger partial charge in [-0.15, -0.1) is 0 Å². The molecule has 7 heteroatoms. The van der Waals surface area contributed by atoms with Crippen LogP contribution in [0.1, 0.15) is 41.6 Å². The van der Waals surface area contributed by atoms with Crippen molar-refractivity contribution in [2.24, 2.45) is 11.8 Å². The molecular formula is C24H31N5O2. The molecule has 0 radical (unpaired) electrons. The van der Waals surface area contributed by atoms with E-state index in [1.165, 1.54) is 32.0 Å². The molecule has 3 fully saturated rings. The monoisotopic (exact) mass is 421 g/mol. The predicted molar refractivity (Wildman–Crippen MR) is 120 cm³/mol. The summed E-state index contributed by atoms with van der Waals surface area (Å²) in [6.45, 7) is 5.64. The van der Waals surface area contributed by atoms with E-state index in [1.807, 2.05) is 31.2 Å². The minimum Gasteiger partial charge on any atom is -0.356 e. The van der Waals surface area contributed by atoms with Crippen LogP contribution in [0.5, 0.6) is 0 Å². The number of rotatable bonds is 4. The van der Waals surface area contributed by atoms with E-state index in [9.17, 15) is 9.59 Å². The van der Waals surface area contributed by atoms with Gasteiger partial charge in [0.05, 0.1) is 6.33 Å². The van der Waals surface area contributed by atoms with Gasteiger partial charge < -0.3 is 15.2 Å². The molecule has 3 aliphatic rings. The Morgan fingerprint density at radius 1 is 1.19 bits per heavy atom. The summed E-state index contributed by atoms with van der Waals surface area (Å²) in [6.07, 6.45) is 6.41. The Balaban J connectivity index is 1.34. The number of amides is 1. The fourth-order valence-electron chi connectivity index (χ4n) is 5.91. The van der Waals surface area contributed by atoms with Crippen molar-refractivity contribution in [2.75, 3.05) is 31.1 Å². The molecule has 164 valence electrons. The topological polar surface area (TPSA) is 81.3 Å². The summed E-state index contributed by atoms with van der Waals surface area (Å²) >= 11 is 0. The second-order valence-electron chi connectivity index (χ2n) is 9.37. The first-order chi connectivity index (χ1) is 15.1. The molecule has 1 aromatic carbocycles. The van der Waals surface area contributed by atoms with Gasteiger partial charge in [-0.1, -0.05) is 24.1 Å². The Bertz CT molecular complexity index is 988. The van der Waals surface area contributed by atoms with Crippen LogP contribution in [-0.4, -0.2) is 59.0 Å². The lowest BCUT2D eigenvalue weighted by atomic mass is 9.72. The third-order valence-electron chi connectivity index (χ3n) is 7.40.